The summed E-state index contributed by atoms with van der Waals surface area (Å²) in [6.45, 7) is 12.6. The van der Waals surface area contributed by atoms with Gasteiger partial charge >= 0.3 is 0 Å². The quantitative estimate of drug-likeness (QED) is 0.442. The molecule has 0 aliphatic heterocycles. The van der Waals surface area contributed by atoms with Gasteiger partial charge in [-0.2, -0.15) is 0 Å². The average molecular weight is 459 g/mol. The fourth-order valence-electron chi connectivity index (χ4n) is 3.52. The van der Waals surface area contributed by atoms with Gasteiger partial charge in [0.25, 0.3) is 0 Å². The van der Waals surface area contributed by atoms with Gasteiger partial charge in [0.1, 0.15) is 11.6 Å². The highest BCUT2D eigenvalue weighted by molar-refractivity contribution is 7.84. The first-order chi connectivity index (χ1) is 14.9. The van der Waals surface area contributed by atoms with Crippen LogP contribution in [0.3, 0.4) is 0 Å². The summed E-state index contributed by atoms with van der Waals surface area (Å²) in [5, 5.41) is 0. The van der Waals surface area contributed by atoms with E-state index in [1.807, 2.05) is 67.9 Å². The zero-order valence-corrected chi connectivity index (χ0v) is 20.4. The van der Waals surface area contributed by atoms with E-state index in [2.05, 4.69) is 25.5 Å². The molecule has 1 N–H and O–H groups in total. The van der Waals surface area contributed by atoms with E-state index in [1.165, 1.54) is 6.07 Å². The molecule has 0 saturated heterocycles. The second-order valence-electron chi connectivity index (χ2n) is 10.2. The van der Waals surface area contributed by atoms with Crippen LogP contribution in [0.1, 0.15) is 58.8 Å². The third-order valence-electron chi connectivity index (χ3n) is 5.31. The number of aromatic nitrogens is 1. The van der Waals surface area contributed by atoms with Gasteiger partial charge in [-0.1, -0.05) is 51.1 Å². The van der Waals surface area contributed by atoms with E-state index in [-0.39, 0.29) is 17.0 Å². The van der Waals surface area contributed by atoms with Crippen molar-refractivity contribution in [2.45, 2.75) is 58.9 Å². The smallest absolute Gasteiger partial charge is 0.131 e. The van der Waals surface area contributed by atoms with Crippen molar-refractivity contribution >= 4 is 11.0 Å². The lowest BCUT2D eigenvalue weighted by atomic mass is 9.85. The molecule has 0 aliphatic rings. The van der Waals surface area contributed by atoms with Gasteiger partial charge in [-0.15, -0.1) is 0 Å². The highest BCUT2D eigenvalue weighted by Crippen LogP contribution is 2.37. The summed E-state index contributed by atoms with van der Waals surface area (Å²) in [4.78, 5) is 0. The Kier molecular flexibility index (Phi) is 7.06. The van der Waals surface area contributed by atoms with Crippen molar-refractivity contribution in [2.75, 3.05) is 0 Å². The maximum Gasteiger partial charge on any atom is 0.131 e. The van der Waals surface area contributed by atoms with E-state index in [0.717, 1.165) is 23.4 Å². The van der Waals surface area contributed by atoms with E-state index in [1.54, 1.807) is 0 Å². The summed E-state index contributed by atoms with van der Waals surface area (Å²) in [6, 6.07) is 15.0. The Hall–Kier alpha value is -2.31. The lowest BCUT2D eigenvalue weighted by Gasteiger charge is -2.34. The molecule has 0 radical (unpaired) electrons. The molecule has 3 aromatic rings. The molecule has 3 nitrogen and oxygen atoms in total. The van der Waals surface area contributed by atoms with E-state index >= 15 is 0 Å². The number of halogens is 2. The molecule has 0 aliphatic carbocycles. The van der Waals surface area contributed by atoms with Crippen LogP contribution in [0.15, 0.2) is 60.8 Å². The normalized spacial score (nSPS) is 14.4. The first kappa shape index (κ1) is 24.3. The van der Waals surface area contributed by atoms with E-state index < -0.39 is 27.4 Å². The zero-order chi connectivity index (χ0) is 23.7. The molecule has 172 valence electrons. The second kappa shape index (κ2) is 9.28. The number of hydrogen-bond donors (Lipinski definition) is 1. The van der Waals surface area contributed by atoms with Crippen molar-refractivity contribution in [3.05, 3.63) is 83.7 Å². The Bertz CT molecular complexity index is 1100. The van der Waals surface area contributed by atoms with Gasteiger partial charge in [-0.05, 0) is 56.0 Å². The van der Waals surface area contributed by atoms with Gasteiger partial charge < -0.3 is 4.57 Å². The Balaban J connectivity index is 2.15. The summed E-state index contributed by atoms with van der Waals surface area (Å²) < 4.78 is 46.4. The van der Waals surface area contributed by atoms with Crippen LogP contribution in [0.4, 0.5) is 8.78 Å². The molecular formula is C26H32F2N2OS. The minimum atomic E-state index is -1.31. The van der Waals surface area contributed by atoms with Crippen LogP contribution in [0.5, 0.6) is 0 Å². The van der Waals surface area contributed by atoms with Gasteiger partial charge in [-0.25, -0.2) is 17.7 Å². The van der Waals surface area contributed by atoms with Crippen molar-refractivity contribution < 1.29 is 13.0 Å². The lowest BCUT2D eigenvalue weighted by molar-refractivity contribution is 0.295. The van der Waals surface area contributed by atoms with Crippen LogP contribution < -0.4 is 4.72 Å². The maximum atomic E-state index is 14.6. The van der Waals surface area contributed by atoms with Crippen molar-refractivity contribution in [3.8, 4) is 11.1 Å². The standard InChI is InChI=1S/C26H32F2N2OS/c1-25(2,3)24(29-32(31)26(4,5)6)23-14-19(21-15-20(27)12-13-22(21)28)17-30(23)16-18-10-8-7-9-11-18/h7-15,17,24,29H,16H2,1-6H3/t24?,32-/m0/s1. The van der Waals surface area contributed by atoms with Crippen LogP contribution >= 0.6 is 0 Å². The number of rotatable bonds is 6. The first-order valence-electron chi connectivity index (χ1n) is 10.7. The van der Waals surface area contributed by atoms with Gasteiger partial charge in [0.2, 0.25) is 0 Å². The molecule has 1 aromatic heterocycles. The van der Waals surface area contributed by atoms with Crippen LogP contribution in [0, 0.1) is 17.0 Å². The summed E-state index contributed by atoms with van der Waals surface area (Å²) in [6.07, 6.45) is 1.85. The molecule has 0 bridgehead atoms. The number of hydrogen-bond acceptors (Lipinski definition) is 1. The minimum Gasteiger partial charge on any atom is -0.345 e. The van der Waals surface area contributed by atoms with E-state index in [0.29, 0.717) is 12.1 Å². The number of nitrogens with one attached hydrogen (secondary N) is 1. The van der Waals surface area contributed by atoms with Crippen LogP contribution in [-0.2, 0) is 17.5 Å². The number of nitrogens with zero attached hydrogens (tertiary/aromatic N) is 1. The Morgan fingerprint density at radius 1 is 0.969 bits per heavy atom. The van der Waals surface area contributed by atoms with Gasteiger partial charge in [0, 0.05) is 29.6 Å². The van der Waals surface area contributed by atoms with E-state index in [9.17, 15) is 13.0 Å². The molecule has 0 spiro atoms. The third-order valence-corrected chi connectivity index (χ3v) is 6.87. The molecule has 0 fully saturated rings. The van der Waals surface area contributed by atoms with Crippen molar-refractivity contribution in [1.82, 2.24) is 9.29 Å². The summed E-state index contributed by atoms with van der Waals surface area (Å²) in [5.41, 5.74) is 2.47. The molecule has 1 unspecified atom stereocenters. The largest absolute Gasteiger partial charge is 0.345 e. The lowest BCUT2D eigenvalue weighted by Crippen LogP contribution is -2.41. The second-order valence-corrected chi connectivity index (χ2v) is 12.2. The van der Waals surface area contributed by atoms with Crippen LogP contribution in [-0.4, -0.2) is 13.5 Å². The predicted molar refractivity (Wildman–Crippen MR) is 129 cm³/mol. The van der Waals surface area contributed by atoms with Crippen molar-refractivity contribution in [2.24, 2.45) is 5.41 Å². The fourth-order valence-corrected chi connectivity index (χ4v) is 4.56. The predicted octanol–water partition coefficient (Wildman–Crippen LogP) is 6.62. The highest BCUT2D eigenvalue weighted by Gasteiger charge is 2.33. The molecule has 1 heterocycles. The third kappa shape index (κ3) is 5.73. The van der Waals surface area contributed by atoms with E-state index in [4.69, 9.17) is 0 Å². The Morgan fingerprint density at radius 2 is 1.62 bits per heavy atom. The van der Waals surface area contributed by atoms with Crippen molar-refractivity contribution in [1.29, 1.82) is 0 Å². The monoisotopic (exact) mass is 458 g/mol. The topological polar surface area (TPSA) is 34.0 Å². The van der Waals surface area contributed by atoms with Gasteiger partial charge in [-0.3, -0.25) is 0 Å². The minimum absolute atomic E-state index is 0.211. The maximum absolute atomic E-state index is 14.6. The summed E-state index contributed by atoms with van der Waals surface area (Å²) in [5.74, 6) is -0.966. The zero-order valence-electron chi connectivity index (χ0n) is 19.6. The van der Waals surface area contributed by atoms with Gasteiger partial charge in [0.05, 0.1) is 21.8 Å². The molecule has 3 rings (SSSR count). The molecule has 32 heavy (non-hydrogen) atoms. The summed E-state index contributed by atoms with van der Waals surface area (Å²) >= 11 is 0. The summed E-state index contributed by atoms with van der Waals surface area (Å²) in [7, 11) is -1.31. The van der Waals surface area contributed by atoms with Gasteiger partial charge in [0.15, 0.2) is 0 Å². The molecule has 0 amide bonds. The Morgan fingerprint density at radius 3 is 2.22 bits per heavy atom. The Labute approximate surface area is 192 Å². The molecule has 2 atom stereocenters. The molecule has 6 heteroatoms. The first-order valence-corrected chi connectivity index (χ1v) is 11.9. The fraction of sp³-hybridized carbons (Fsp3) is 0.385. The highest BCUT2D eigenvalue weighted by atomic mass is 32.2. The average Bonchev–Trinajstić information content (AvgIpc) is 3.09. The molecule has 0 saturated carbocycles. The van der Waals surface area contributed by atoms with Crippen molar-refractivity contribution in [3.63, 3.8) is 0 Å². The van der Waals surface area contributed by atoms with Crippen LogP contribution in [0.2, 0.25) is 0 Å². The number of benzene rings is 2. The molecule has 2 aromatic carbocycles. The molecular weight excluding hydrogens is 426 g/mol. The SMILES string of the molecule is CC(C)(C)C(N[S@@](=O)C(C)(C)C)c1cc(-c2cc(F)ccc2F)cn1Cc1ccccc1. The van der Waals surface area contributed by atoms with Crippen LogP contribution in [0.25, 0.3) is 11.1 Å².